The highest BCUT2D eigenvalue weighted by molar-refractivity contribution is 6.30. The highest BCUT2D eigenvalue weighted by Gasteiger charge is 2.23. The lowest BCUT2D eigenvalue weighted by Crippen LogP contribution is -2.36. The van der Waals surface area contributed by atoms with Crippen LogP contribution in [0.2, 0.25) is 5.02 Å². The molecule has 0 saturated carbocycles. The van der Waals surface area contributed by atoms with E-state index in [9.17, 15) is 5.11 Å². The molecule has 3 atom stereocenters. The topological polar surface area (TPSA) is 64.7 Å². The molecule has 0 aliphatic heterocycles. The molecule has 2 aromatic carbocycles. The van der Waals surface area contributed by atoms with Crippen LogP contribution in [0.15, 0.2) is 42.5 Å². The van der Waals surface area contributed by atoms with Crippen molar-refractivity contribution in [3.8, 4) is 11.5 Å². The van der Waals surface area contributed by atoms with Crippen LogP contribution >= 0.6 is 11.6 Å². The minimum atomic E-state index is -0.765. The van der Waals surface area contributed by atoms with E-state index in [-0.39, 0.29) is 5.92 Å². The number of rotatable bonds is 7. The van der Waals surface area contributed by atoms with Gasteiger partial charge in [-0.25, -0.2) is 0 Å². The number of halogens is 1. The molecule has 3 N–H and O–H groups in total. The van der Waals surface area contributed by atoms with E-state index in [1.54, 1.807) is 26.4 Å². The Morgan fingerprint density at radius 1 is 1.08 bits per heavy atom. The number of hydrogen-bond donors (Lipinski definition) is 2. The van der Waals surface area contributed by atoms with Gasteiger partial charge in [-0.1, -0.05) is 36.7 Å². The summed E-state index contributed by atoms with van der Waals surface area (Å²) in [5, 5.41) is 11.1. The fourth-order valence-electron chi connectivity index (χ4n) is 2.74. The molecule has 130 valence electrons. The van der Waals surface area contributed by atoms with Crippen molar-refractivity contribution in [2.75, 3.05) is 14.2 Å². The molecule has 2 rings (SSSR count). The quantitative estimate of drug-likeness (QED) is 0.801. The van der Waals surface area contributed by atoms with E-state index in [0.717, 1.165) is 17.5 Å². The van der Waals surface area contributed by atoms with Crippen LogP contribution in [0.1, 0.15) is 24.2 Å². The van der Waals surface area contributed by atoms with Gasteiger partial charge in [0.05, 0.1) is 20.3 Å². The maximum atomic E-state index is 10.5. The third-order valence-corrected chi connectivity index (χ3v) is 4.45. The molecule has 0 aromatic heterocycles. The predicted molar refractivity (Wildman–Crippen MR) is 96.8 cm³/mol. The molecular weight excluding hydrogens is 326 g/mol. The lowest BCUT2D eigenvalue weighted by Gasteiger charge is -2.25. The summed E-state index contributed by atoms with van der Waals surface area (Å²) in [4.78, 5) is 0. The second kappa shape index (κ2) is 8.38. The Morgan fingerprint density at radius 2 is 1.79 bits per heavy atom. The van der Waals surface area contributed by atoms with E-state index in [2.05, 4.69) is 0 Å². The molecule has 0 bridgehead atoms. The zero-order valence-corrected chi connectivity index (χ0v) is 15.0. The van der Waals surface area contributed by atoms with Gasteiger partial charge in [0, 0.05) is 11.1 Å². The monoisotopic (exact) mass is 349 g/mol. The van der Waals surface area contributed by atoms with Crippen LogP contribution in [0.25, 0.3) is 0 Å². The Bertz CT molecular complexity index is 677. The Balaban J connectivity index is 2.09. The number of aliphatic hydroxyl groups is 1. The standard InChI is InChI=1S/C19H24ClNO3/c1-12(9-13-7-8-16(23-2)17(10-13)24-3)18(21)19(22)14-5-4-6-15(20)11-14/h4-8,10-12,18-19,22H,9,21H2,1-3H3/t12?,18-,19-/m1/s1. The van der Waals surface area contributed by atoms with E-state index in [1.165, 1.54) is 0 Å². The normalized spacial score (nSPS) is 14.8. The van der Waals surface area contributed by atoms with Crippen molar-refractivity contribution in [1.29, 1.82) is 0 Å². The molecule has 1 unspecified atom stereocenters. The molecule has 0 amide bonds. The summed E-state index contributed by atoms with van der Waals surface area (Å²) in [7, 11) is 3.22. The van der Waals surface area contributed by atoms with Crippen molar-refractivity contribution >= 4 is 11.6 Å². The summed E-state index contributed by atoms with van der Waals surface area (Å²) in [6, 6.07) is 12.6. The van der Waals surface area contributed by atoms with Crippen molar-refractivity contribution in [2.24, 2.45) is 11.7 Å². The van der Waals surface area contributed by atoms with Gasteiger partial charge in [-0.05, 0) is 47.7 Å². The van der Waals surface area contributed by atoms with Crippen molar-refractivity contribution in [2.45, 2.75) is 25.5 Å². The maximum Gasteiger partial charge on any atom is 0.160 e. The van der Waals surface area contributed by atoms with Gasteiger partial charge < -0.3 is 20.3 Å². The van der Waals surface area contributed by atoms with Gasteiger partial charge in [0.25, 0.3) is 0 Å². The van der Waals surface area contributed by atoms with Crippen molar-refractivity contribution in [1.82, 2.24) is 0 Å². The van der Waals surface area contributed by atoms with Gasteiger partial charge in [0.1, 0.15) is 0 Å². The van der Waals surface area contributed by atoms with Gasteiger partial charge in [-0.3, -0.25) is 0 Å². The number of ether oxygens (including phenoxy) is 2. The fourth-order valence-corrected chi connectivity index (χ4v) is 2.94. The molecule has 0 radical (unpaired) electrons. The Hall–Kier alpha value is -1.75. The Kier molecular flexibility index (Phi) is 6.49. The second-order valence-corrected chi connectivity index (χ2v) is 6.38. The third kappa shape index (κ3) is 4.41. The fraction of sp³-hybridized carbons (Fsp3) is 0.368. The third-order valence-electron chi connectivity index (χ3n) is 4.22. The summed E-state index contributed by atoms with van der Waals surface area (Å²) in [5.74, 6) is 1.44. The zero-order chi connectivity index (χ0) is 17.7. The molecule has 0 spiro atoms. The molecule has 0 fully saturated rings. The first-order valence-electron chi connectivity index (χ1n) is 7.86. The lowest BCUT2D eigenvalue weighted by atomic mass is 9.88. The smallest absolute Gasteiger partial charge is 0.160 e. The molecule has 0 aliphatic carbocycles. The first kappa shape index (κ1) is 18.6. The van der Waals surface area contributed by atoms with Gasteiger partial charge in [-0.15, -0.1) is 0 Å². The van der Waals surface area contributed by atoms with Crippen molar-refractivity contribution in [3.63, 3.8) is 0 Å². The number of benzene rings is 2. The maximum absolute atomic E-state index is 10.5. The van der Waals surface area contributed by atoms with Crippen LogP contribution in [-0.4, -0.2) is 25.4 Å². The minimum Gasteiger partial charge on any atom is -0.493 e. The molecule has 24 heavy (non-hydrogen) atoms. The SMILES string of the molecule is COc1ccc(CC(C)[C@@H](N)[C@H](O)c2cccc(Cl)c2)cc1OC. The van der Waals surface area contributed by atoms with Crippen LogP contribution in [-0.2, 0) is 6.42 Å². The van der Waals surface area contributed by atoms with Crippen LogP contribution in [0, 0.1) is 5.92 Å². The largest absolute Gasteiger partial charge is 0.493 e. The molecule has 0 heterocycles. The number of nitrogens with two attached hydrogens (primary N) is 1. The van der Waals surface area contributed by atoms with Gasteiger partial charge in [0.2, 0.25) is 0 Å². The number of hydrogen-bond acceptors (Lipinski definition) is 4. The second-order valence-electron chi connectivity index (χ2n) is 5.95. The molecule has 2 aromatic rings. The zero-order valence-electron chi connectivity index (χ0n) is 14.2. The minimum absolute atomic E-state index is 0.0667. The van der Waals surface area contributed by atoms with Crippen molar-refractivity contribution in [3.05, 3.63) is 58.6 Å². The molecule has 5 heteroatoms. The summed E-state index contributed by atoms with van der Waals surface area (Å²) >= 11 is 5.99. The van der Waals surface area contributed by atoms with Crippen molar-refractivity contribution < 1.29 is 14.6 Å². The molecule has 0 aliphatic rings. The van der Waals surface area contributed by atoms with Gasteiger partial charge >= 0.3 is 0 Å². The van der Waals surface area contributed by atoms with Gasteiger partial charge in [0.15, 0.2) is 11.5 Å². The highest BCUT2D eigenvalue weighted by atomic mass is 35.5. The van der Waals surface area contributed by atoms with E-state index in [1.807, 2.05) is 37.3 Å². The number of methoxy groups -OCH3 is 2. The first-order chi connectivity index (χ1) is 11.5. The van der Waals surface area contributed by atoms with Crippen LogP contribution in [0.3, 0.4) is 0 Å². The van der Waals surface area contributed by atoms with E-state index >= 15 is 0 Å². The summed E-state index contributed by atoms with van der Waals surface area (Å²) in [5.41, 5.74) is 8.08. The average molecular weight is 350 g/mol. The predicted octanol–water partition coefficient (Wildman–Crippen LogP) is 3.60. The van der Waals surface area contributed by atoms with Crippen LogP contribution in [0.4, 0.5) is 0 Å². The average Bonchev–Trinajstić information content (AvgIpc) is 2.60. The Morgan fingerprint density at radius 3 is 2.42 bits per heavy atom. The summed E-state index contributed by atoms with van der Waals surface area (Å²) < 4.78 is 10.6. The van der Waals surface area contributed by atoms with Crippen LogP contribution in [0.5, 0.6) is 11.5 Å². The Labute approximate surface area is 148 Å². The van der Waals surface area contributed by atoms with E-state index < -0.39 is 12.1 Å². The molecule has 0 saturated heterocycles. The summed E-state index contributed by atoms with van der Waals surface area (Å²) in [6.45, 7) is 2.02. The van der Waals surface area contributed by atoms with E-state index in [4.69, 9.17) is 26.8 Å². The molecular formula is C19H24ClNO3. The highest BCUT2D eigenvalue weighted by Crippen LogP contribution is 2.30. The summed E-state index contributed by atoms with van der Waals surface area (Å²) in [6.07, 6.45) is -0.0436. The first-order valence-corrected chi connectivity index (χ1v) is 8.24. The van der Waals surface area contributed by atoms with Crippen LogP contribution < -0.4 is 15.2 Å². The lowest BCUT2D eigenvalue weighted by molar-refractivity contribution is 0.121. The van der Waals surface area contributed by atoms with Gasteiger partial charge in [-0.2, -0.15) is 0 Å². The molecule has 4 nitrogen and oxygen atoms in total. The number of aliphatic hydroxyl groups excluding tert-OH is 1. The van der Waals surface area contributed by atoms with E-state index in [0.29, 0.717) is 16.5 Å².